The molecule has 0 spiro atoms. The van der Waals surface area contributed by atoms with Crippen molar-refractivity contribution in [2.45, 2.75) is 46.5 Å². The molecule has 3 rings (SSSR count). The summed E-state index contributed by atoms with van der Waals surface area (Å²) in [5.74, 6) is -0.138. The lowest BCUT2D eigenvalue weighted by molar-refractivity contribution is 0.0996. The Morgan fingerprint density at radius 2 is 2.15 bits per heavy atom. The molecule has 0 aromatic carbocycles. The van der Waals surface area contributed by atoms with Crippen LogP contribution in [0.25, 0.3) is 0 Å². The van der Waals surface area contributed by atoms with Crippen molar-refractivity contribution in [2.24, 2.45) is 17.1 Å². The number of fused-ring (bicyclic) bond motifs is 1. The average Bonchev–Trinajstić information content (AvgIpc) is 3.17. The Labute approximate surface area is 165 Å². The van der Waals surface area contributed by atoms with E-state index in [1.807, 2.05) is 0 Å². The van der Waals surface area contributed by atoms with E-state index in [4.69, 9.17) is 10.2 Å². The summed E-state index contributed by atoms with van der Waals surface area (Å²) in [6.07, 6.45) is 3.88. The third-order valence-corrected chi connectivity index (χ3v) is 7.15. The Kier molecular flexibility index (Phi) is 5.30. The molecule has 5 nitrogen and oxygen atoms in total. The first-order chi connectivity index (χ1) is 12.2. The molecule has 1 atom stereocenters. The average molecular weight is 439 g/mol. The number of nitrogens with one attached hydrogen (secondary N) is 1. The number of nitrogens with two attached hydrogens (primary N) is 1. The molecule has 2 aromatic heterocycles. The maximum absolute atomic E-state index is 12.4. The molecule has 2 amide bonds. The molecule has 0 aliphatic heterocycles. The number of anilines is 1. The minimum absolute atomic E-state index is 0.184. The van der Waals surface area contributed by atoms with Gasteiger partial charge < -0.3 is 15.5 Å². The number of furan rings is 1. The number of amides is 2. The van der Waals surface area contributed by atoms with Crippen LogP contribution < -0.4 is 11.1 Å². The zero-order valence-corrected chi connectivity index (χ0v) is 17.6. The molecule has 0 saturated heterocycles. The lowest BCUT2D eigenvalue weighted by atomic mass is 9.69. The van der Waals surface area contributed by atoms with Crippen molar-refractivity contribution in [3.63, 3.8) is 0 Å². The van der Waals surface area contributed by atoms with E-state index >= 15 is 0 Å². The zero-order chi connectivity index (χ0) is 19.1. The van der Waals surface area contributed by atoms with Crippen LogP contribution in [0.2, 0.25) is 0 Å². The monoisotopic (exact) mass is 438 g/mol. The van der Waals surface area contributed by atoms with Crippen LogP contribution in [0.1, 0.15) is 65.0 Å². The summed E-state index contributed by atoms with van der Waals surface area (Å²) in [6, 6.07) is 3.23. The summed E-state index contributed by atoms with van der Waals surface area (Å²) in [7, 11) is 0. The summed E-state index contributed by atoms with van der Waals surface area (Å²) >= 11 is 4.65. The quantitative estimate of drug-likeness (QED) is 0.688. The lowest BCUT2D eigenvalue weighted by Gasteiger charge is -2.36. The summed E-state index contributed by atoms with van der Waals surface area (Å²) in [5.41, 5.74) is 7.34. The van der Waals surface area contributed by atoms with Gasteiger partial charge in [-0.1, -0.05) is 27.2 Å². The summed E-state index contributed by atoms with van der Waals surface area (Å²) < 4.78 is 5.77. The van der Waals surface area contributed by atoms with Gasteiger partial charge in [0.1, 0.15) is 5.00 Å². The van der Waals surface area contributed by atoms with E-state index < -0.39 is 5.91 Å². The van der Waals surface area contributed by atoms with Gasteiger partial charge in [0, 0.05) is 4.88 Å². The molecule has 0 fully saturated rings. The van der Waals surface area contributed by atoms with Gasteiger partial charge in [-0.15, -0.1) is 11.3 Å². The first kappa shape index (κ1) is 19.2. The van der Waals surface area contributed by atoms with Crippen molar-refractivity contribution >= 4 is 44.1 Å². The molecular weight excluding hydrogens is 416 g/mol. The molecule has 0 saturated carbocycles. The van der Waals surface area contributed by atoms with Gasteiger partial charge in [0.2, 0.25) is 0 Å². The van der Waals surface area contributed by atoms with Crippen molar-refractivity contribution in [2.75, 3.05) is 5.32 Å². The number of hydrogen-bond acceptors (Lipinski definition) is 4. The molecule has 0 radical (unpaired) electrons. The fraction of sp³-hybridized carbons (Fsp3) is 0.474. The third kappa shape index (κ3) is 3.60. The maximum atomic E-state index is 12.4. The Hall–Kier alpha value is -1.60. The second-order valence-electron chi connectivity index (χ2n) is 7.41. The molecule has 26 heavy (non-hydrogen) atoms. The zero-order valence-electron chi connectivity index (χ0n) is 15.1. The summed E-state index contributed by atoms with van der Waals surface area (Å²) in [4.78, 5) is 25.6. The van der Waals surface area contributed by atoms with E-state index in [-0.39, 0.29) is 17.1 Å². The number of carbonyl (C=O) groups excluding carboxylic acids is 2. The van der Waals surface area contributed by atoms with E-state index in [1.54, 1.807) is 12.1 Å². The number of primary amides is 1. The van der Waals surface area contributed by atoms with Crippen LogP contribution in [0.4, 0.5) is 5.00 Å². The van der Waals surface area contributed by atoms with E-state index in [1.165, 1.54) is 11.3 Å². The van der Waals surface area contributed by atoms with Crippen molar-refractivity contribution < 1.29 is 14.0 Å². The van der Waals surface area contributed by atoms with Crippen LogP contribution >= 0.6 is 27.3 Å². The molecule has 140 valence electrons. The second kappa shape index (κ2) is 7.19. The highest BCUT2D eigenvalue weighted by Gasteiger charge is 2.35. The first-order valence-corrected chi connectivity index (χ1v) is 10.3. The van der Waals surface area contributed by atoms with Gasteiger partial charge in [-0.05, 0) is 64.2 Å². The molecule has 3 N–H and O–H groups in total. The third-order valence-electron chi connectivity index (χ3n) is 5.55. The number of halogens is 1. The van der Waals surface area contributed by atoms with Gasteiger partial charge in [0.15, 0.2) is 10.4 Å². The van der Waals surface area contributed by atoms with Crippen LogP contribution in [-0.4, -0.2) is 11.8 Å². The Morgan fingerprint density at radius 1 is 1.42 bits per heavy atom. The molecular formula is C19H23BrN2O3S. The fourth-order valence-electron chi connectivity index (χ4n) is 3.49. The molecule has 7 heteroatoms. The number of carbonyl (C=O) groups is 2. The molecule has 2 aromatic rings. The number of thiophene rings is 1. The SMILES string of the molecule is CCC(C)(C)C1CCc2c(sc(NC(=O)c3ccc(Br)o3)c2C(N)=O)C1. The Morgan fingerprint density at radius 3 is 2.73 bits per heavy atom. The molecule has 1 unspecified atom stereocenters. The normalized spacial score (nSPS) is 17.0. The highest BCUT2D eigenvalue weighted by molar-refractivity contribution is 9.10. The largest absolute Gasteiger partial charge is 0.444 e. The van der Waals surface area contributed by atoms with Crippen LogP contribution in [0.5, 0.6) is 0 Å². The van der Waals surface area contributed by atoms with Gasteiger partial charge >= 0.3 is 0 Å². The van der Waals surface area contributed by atoms with Gasteiger partial charge in [-0.2, -0.15) is 0 Å². The van der Waals surface area contributed by atoms with Crippen LogP contribution in [0.3, 0.4) is 0 Å². The smallest absolute Gasteiger partial charge is 0.292 e. The van der Waals surface area contributed by atoms with Crippen molar-refractivity contribution in [1.82, 2.24) is 0 Å². The van der Waals surface area contributed by atoms with Gasteiger partial charge in [0.05, 0.1) is 5.56 Å². The molecule has 0 bridgehead atoms. The van der Waals surface area contributed by atoms with E-state index in [0.29, 0.717) is 21.2 Å². The highest BCUT2D eigenvalue weighted by atomic mass is 79.9. The minimum atomic E-state index is -0.494. The summed E-state index contributed by atoms with van der Waals surface area (Å²) in [6.45, 7) is 6.80. The molecule has 1 aliphatic rings. The summed E-state index contributed by atoms with van der Waals surface area (Å²) in [5, 5.41) is 3.33. The van der Waals surface area contributed by atoms with E-state index in [0.717, 1.165) is 36.1 Å². The van der Waals surface area contributed by atoms with Crippen LogP contribution in [-0.2, 0) is 12.8 Å². The van der Waals surface area contributed by atoms with Crippen molar-refractivity contribution in [3.8, 4) is 0 Å². The molecule has 1 aliphatic carbocycles. The predicted octanol–water partition coefficient (Wildman–Crippen LogP) is 5.00. The van der Waals surface area contributed by atoms with Gasteiger partial charge in [-0.3, -0.25) is 9.59 Å². The number of rotatable bonds is 5. The van der Waals surface area contributed by atoms with Crippen molar-refractivity contribution in [1.29, 1.82) is 0 Å². The van der Waals surface area contributed by atoms with Crippen LogP contribution in [0, 0.1) is 11.3 Å². The number of hydrogen-bond donors (Lipinski definition) is 2. The Balaban J connectivity index is 1.90. The Bertz CT molecular complexity index is 853. The van der Waals surface area contributed by atoms with E-state index in [9.17, 15) is 9.59 Å². The first-order valence-electron chi connectivity index (χ1n) is 8.74. The second-order valence-corrected chi connectivity index (χ2v) is 9.30. The van der Waals surface area contributed by atoms with E-state index in [2.05, 4.69) is 42.0 Å². The van der Waals surface area contributed by atoms with Gasteiger partial charge in [-0.25, -0.2) is 0 Å². The lowest BCUT2D eigenvalue weighted by Crippen LogP contribution is -2.29. The standard InChI is InChI=1S/C19H23BrN2O3S/c1-4-19(2,3)10-5-6-11-13(9-10)26-18(15(11)16(21)23)22-17(24)12-7-8-14(20)25-12/h7-8,10H,4-6,9H2,1-3H3,(H2,21,23)(H,22,24). The fourth-order valence-corrected chi connectivity index (χ4v) is 5.13. The van der Waals surface area contributed by atoms with Gasteiger partial charge in [0.25, 0.3) is 11.8 Å². The molecule has 2 heterocycles. The highest BCUT2D eigenvalue weighted by Crippen LogP contribution is 2.45. The maximum Gasteiger partial charge on any atom is 0.292 e. The van der Waals surface area contributed by atoms with Crippen molar-refractivity contribution in [3.05, 3.63) is 38.6 Å². The minimum Gasteiger partial charge on any atom is -0.444 e. The predicted molar refractivity (Wildman–Crippen MR) is 107 cm³/mol. The van der Waals surface area contributed by atoms with Crippen LogP contribution in [0.15, 0.2) is 21.2 Å². The topological polar surface area (TPSA) is 85.3 Å².